The number of fused-ring (bicyclic) bond motifs is 1. The van der Waals surface area contributed by atoms with Gasteiger partial charge in [-0.1, -0.05) is 43.3 Å². The first-order valence-corrected chi connectivity index (χ1v) is 7.96. The van der Waals surface area contributed by atoms with E-state index in [1.54, 1.807) is 30.5 Å². The first-order chi connectivity index (χ1) is 11.7. The minimum absolute atomic E-state index is 0.278. The number of rotatable bonds is 4. The van der Waals surface area contributed by atoms with E-state index >= 15 is 0 Å². The Kier molecular flexibility index (Phi) is 4.66. The van der Waals surface area contributed by atoms with E-state index in [0.717, 1.165) is 10.8 Å². The second kappa shape index (κ2) is 7.04. The Hall–Kier alpha value is -3.01. The number of amides is 2. The van der Waals surface area contributed by atoms with Crippen LogP contribution in [-0.2, 0) is 0 Å². The molecule has 0 radical (unpaired) electrons. The van der Waals surface area contributed by atoms with Crippen molar-refractivity contribution in [2.75, 3.05) is 6.54 Å². The van der Waals surface area contributed by atoms with Crippen molar-refractivity contribution >= 4 is 22.6 Å². The SMILES string of the molecule is CCCN(C(=O)c1ccc2ccccc2c1)C(=O)c1ccccn1. The third-order valence-corrected chi connectivity index (χ3v) is 3.82. The molecule has 24 heavy (non-hydrogen) atoms. The highest BCUT2D eigenvalue weighted by Gasteiger charge is 2.24. The Morgan fingerprint density at radius 1 is 0.917 bits per heavy atom. The highest BCUT2D eigenvalue weighted by molar-refractivity contribution is 6.10. The van der Waals surface area contributed by atoms with Crippen LogP contribution in [0.4, 0.5) is 0 Å². The molecule has 4 nitrogen and oxygen atoms in total. The van der Waals surface area contributed by atoms with Crippen LogP contribution in [0.5, 0.6) is 0 Å². The second-order valence-electron chi connectivity index (χ2n) is 5.54. The van der Waals surface area contributed by atoms with E-state index in [1.165, 1.54) is 4.90 Å². The summed E-state index contributed by atoms with van der Waals surface area (Å²) >= 11 is 0. The van der Waals surface area contributed by atoms with Gasteiger partial charge in [0, 0.05) is 18.3 Å². The molecule has 0 fully saturated rings. The highest BCUT2D eigenvalue weighted by atomic mass is 16.2. The highest BCUT2D eigenvalue weighted by Crippen LogP contribution is 2.18. The van der Waals surface area contributed by atoms with Crippen molar-refractivity contribution in [3.63, 3.8) is 0 Å². The summed E-state index contributed by atoms with van der Waals surface area (Å²) < 4.78 is 0. The van der Waals surface area contributed by atoms with Crippen molar-refractivity contribution in [1.82, 2.24) is 9.88 Å². The molecule has 0 saturated carbocycles. The van der Waals surface area contributed by atoms with Gasteiger partial charge < -0.3 is 0 Å². The molecule has 0 aliphatic rings. The molecule has 0 saturated heterocycles. The average Bonchev–Trinajstić information content (AvgIpc) is 2.65. The minimum Gasteiger partial charge on any atom is -0.273 e. The fraction of sp³-hybridized carbons (Fsp3) is 0.150. The minimum atomic E-state index is -0.365. The van der Waals surface area contributed by atoms with E-state index in [2.05, 4.69) is 4.98 Å². The summed E-state index contributed by atoms with van der Waals surface area (Å²) in [6, 6.07) is 18.4. The van der Waals surface area contributed by atoms with Gasteiger partial charge in [0.25, 0.3) is 11.8 Å². The van der Waals surface area contributed by atoms with Gasteiger partial charge in [-0.2, -0.15) is 0 Å². The van der Waals surface area contributed by atoms with E-state index in [4.69, 9.17) is 0 Å². The molecule has 0 aliphatic carbocycles. The topological polar surface area (TPSA) is 50.3 Å². The van der Waals surface area contributed by atoms with E-state index in [9.17, 15) is 9.59 Å². The molecule has 0 aliphatic heterocycles. The van der Waals surface area contributed by atoms with Crippen molar-refractivity contribution in [3.05, 3.63) is 78.1 Å². The van der Waals surface area contributed by atoms with Crippen LogP contribution >= 0.6 is 0 Å². The lowest BCUT2D eigenvalue weighted by molar-refractivity contribution is 0.0612. The second-order valence-corrected chi connectivity index (χ2v) is 5.54. The quantitative estimate of drug-likeness (QED) is 0.685. The van der Waals surface area contributed by atoms with E-state index in [-0.39, 0.29) is 17.5 Å². The maximum absolute atomic E-state index is 12.9. The van der Waals surface area contributed by atoms with Crippen LogP contribution in [0.25, 0.3) is 10.8 Å². The molecule has 3 rings (SSSR count). The van der Waals surface area contributed by atoms with Crippen molar-refractivity contribution < 1.29 is 9.59 Å². The van der Waals surface area contributed by atoms with Crippen LogP contribution in [-0.4, -0.2) is 28.2 Å². The summed E-state index contributed by atoms with van der Waals surface area (Å²) in [6.45, 7) is 2.30. The molecule has 1 heterocycles. The molecule has 2 amide bonds. The lowest BCUT2D eigenvalue weighted by atomic mass is 10.1. The molecule has 0 spiro atoms. The summed E-state index contributed by atoms with van der Waals surface area (Å²) in [6.07, 6.45) is 2.25. The number of carbonyl (C=O) groups excluding carboxylic acids is 2. The van der Waals surface area contributed by atoms with E-state index < -0.39 is 0 Å². The number of hydrogen-bond acceptors (Lipinski definition) is 3. The number of benzene rings is 2. The van der Waals surface area contributed by atoms with Gasteiger partial charge in [-0.05, 0) is 41.5 Å². The Labute approximate surface area is 140 Å². The Morgan fingerprint density at radius 2 is 1.67 bits per heavy atom. The van der Waals surface area contributed by atoms with Crippen molar-refractivity contribution in [1.29, 1.82) is 0 Å². The monoisotopic (exact) mass is 318 g/mol. The standard InChI is InChI=1S/C20H18N2O2/c1-2-13-22(20(24)18-9-5-6-12-21-18)19(23)17-11-10-15-7-3-4-8-16(15)14-17/h3-12,14H,2,13H2,1H3. The van der Waals surface area contributed by atoms with Gasteiger partial charge in [-0.3, -0.25) is 19.5 Å². The third-order valence-electron chi connectivity index (χ3n) is 3.82. The van der Waals surface area contributed by atoms with Crippen LogP contribution in [0.3, 0.4) is 0 Å². The smallest absolute Gasteiger partial charge is 0.273 e. The van der Waals surface area contributed by atoms with E-state index in [1.807, 2.05) is 43.3 Å². The van der Waals surface area contributed by atoms with Crippen molar-refractivity contribution in [3.8, 4) is 0 Å². The number of carbonyl (C=O) groups is 2. The van der Waals surface area contributed by atoms with Gasteiger partial charge >= 0.3 is 0 Å². The molecular weight excluding hydrogens is 300 g/mol. The lowest BCUT2D eigenvalue weighted by Gasteiger charge is -2.20. The number of hydrogen-bond donors (Lipinski definition) is 0. The van der Waals surface area contributed by atoms with Gasteiger partial charge in [-0.15, -0.1) is 0 Å². The zero-order valence-corrected chi connectivity index (χ0v) is 13.5. The molecular formula is C20H18N2O2. The molecule has 4 heteroatoms. The molecule has 2 aromatic carbocycles. The van der Waals surface area contributed by atoms with Gasteiger partial charge in [-0.25, -0.2) is 0 Å². The fourth-order valence-electron chi connectivity index (χ4n) is 2.62. The largest absolute Gasteiger partial charge is 0.279 e. The Bertz CT molecular complexity index is 875. The molecule has 0 bridgehead atoms. The van der Waals surface area contributed by atoms with Crippen molar-refractivity contribution in [2.24, 2.45) is 0 Å². The average molecular weight is 318 g/mol. The van der Waals surface area contributed by atoms with Gasteiger partial charge in [0.05, 0.1) is 0 Å². The maximum Gasteiger partial charge on any atom is 0.279 e. The van der Waals surface area contributed by atoms with Crippen LogP contribution < -0.4 is 0 Å². The Morgan fingerprint density at radius 3 is 2.38 bits per heavy atom. The van der Waals surface area contributed by atoms with Crippen LogP contribution in [0.15, 0.2) is 66.9 Å². The summed E-state index contributed by atoms with van der Waals surface area (Å²) in [5.74, 6) is -0.658. The third kappa shape index (κ3) is 3.18. The van der Waals surface area contributed by atoms with Crippen LogP contribution in [0.1, 0.15) is 34.2 Å². The maximum atomic E-state index is 12.9. The summed E-state index contributed by atoms with van der Waals surface area (Å²) in [4.78, 5) is 30.9. The van der Waals surface area contributed by atoms with Crippen LogP contribution in [0.2, 0.25) is 0 Å². The van der Waals surface area contributed by atoms with E-state index in [0.29, 0.717) is 18.5 Å². The normalized spacial score (nSPS) is 10.5. The zero-order valence-electron chi connectivity index (χ0n) is 13.5. The number of aromatic nitrogens is 1. The molecule has 3 aromatic rings. The molecule has 0 atom stereocenters. The molecule has 0 unspecified atom stereocenters. The van der Waals surface area contributed by atoms with Crippen LogP contribution in [0, 0.1) is 0 Å². The summed E-state index contributed by atoms with van der Waals surface area (Å²) in [5, 5.41) is 2.04. The summed E-state index contributed by atoms with van der Waals surface area (Å²) in [5.41, 5.74) is 0.784. The summed E-state index contributed by atoms with van der Waals surface area (Å²) in [7, 11) is 0. The first-order valence-electron chi connectivity index (χ1n) is 7.96. The van der Waals surface area contributed by atoms with Gasteiger partial charge in [0.15, 0.2) is 0 Å². The molecule has 0 N–H and O–H groups in total. The first kappa shape index (κ1) is 15.9. The predicted octanol–water partition coefficient (Wildman–Crippen LogP) is 3.93. The zero-order chi connectivity index (χ0) is 16.9. The predicted molar refractivity (Wildman–Crippen MR) is 93.8 cm³/mol. The number of pyridine rings is 1. The molecule has 1 aromatic heterocycles. The van der Waals surface area contributed by atoms with Gasteiger partial charge in [0.1, 0.15) is 5.69 Å². The Balaban J connectivity index is 1.94. The molecule has 120 valence electrons. The van der Waals surface area contributed by atoms with Crippen molar-refractivity contribution in [2.45, 2.75) is 13.3 Å². The fourth-order valence-corrected chi connectivity index (χ4v) is 2.62. The number of imide groups is 1. The van der Waals surface area contributed by atoms with Gasteiger partial charge in [0.2, 0.25) is 0 Å². The lowest BCUT2D eigenvalue weighted by Crippen LogP contribution is -2.38. The number of nitrogens with zero attached hydrogens (tertiary/aromatic N) is 2.